The Balaban J connectivity index is 1.50. The standard InChI is InChI=1S/C27H35FN6O/c1-16(2)12-25(35)32-22-11-6-18(14-21(22)28)23-13-17(3)26-24(31-23)15-29-27(33-26)30-19-7-9-20(10-8-19)34(4)5/h6,11,13-16,19-20H,7-10,12H2,1-5H3,(H,32,35)(H,29,30,33)/t19-,20-. The largest absolute Gasteiger partial charge is 0.351 e. The highest BCUT2D eigenvalue weighted by molar-refractivity contribution is 5.91. The Bertz CT molecular complexity index is 1200. The SMILES string of the molecule is Cc1cc(-c2ccc(NC(=O)CC(C)C)c(F)c2)nc2cnc(N[C@H]3CC[C@H](N(C)C)CC3)nc12. The summed E-state index contributed by atoms with van der Waals surface area (Å²) in [6.07, 6.45) is 6.60. The van der Waals surface area contributed by atoms with Crippen LogP contribution in [0, 0.1) is 18.7 Å². The Kier molecular flexibility index (Phi) is 7.60. The first-order valence-electron chi connectivity index (χ1n) is 12.4. The van der Waals surface area contributed by atoms with E-state index in [4.69, 9.17) is 4.98 Å². The second-order valence-electron chi connectivity index (χ2n) is 10.2. The van der Waals surface area contributed by atoms with Crippen molar-refractivity contribution >= 4 is 28.6 Å². The van der Waals surface area contributed by atoms with Crippen molar-refractivity contribution in [3.05, 3.63) is 41.8 Å². The summed E-state index contributed by atoms with van der Waals surface area (Å²) < 4.78 is 14.7. The predicted molar refractivity (Wildman–Crippen MR) is 139 cm³/mol. The predicted octanol–water partition coefficient (Wildman–Crippen LogP) is 5.41. The summed E-state index contributed by atoms with van der Waals surface area (Å²) in [5.41, 5.74) is 3.84. The summed E-state index contributed by atoms with van der Waals surface area (Å²) >= 11 is 0. The van der Waals surface area contributed by atoms with Crippen molar-refractivity contribution < 1.29 is 9.18 Å². The molecule has 0 aliphatic heterocycles. The van der Waals surface area contributed by atoms with Gasteiger partial charge < -0.3 is 15.5 Å². The van der Waals surface area contributed by atoms with Crippen molar-refractivity contribution in [2.75, 3.05) is 24.7 Å². The monoisotopic (exact) mass is 478 g/mol. The molecule has 0 bridgehead atoms. The number of carbonyl (C=O) groups is 1. The van der Waals surface area contributed by atoms with E-state index < -0.39 is 5.82 Å². The highest BCUT2D eigenvalue weighted by Gasteiger charge is 2.23. The molecular formula is C27H35FN6O. The molecule has 1 amide bonds. The van der Waals surface area contributed by atoms with Crippen LogP contribution in [0.1, 0.15) is 51.5 Å². The quantitative estimate of drug-likeness (QED) is 0.473. The summed E-state index contributed by atoms with van der Waals surface area (Å²) in [5, 5.41) is 6.14. The molecule has 0 atom stereocenters. The van der Waals surface area contributed by atoms with Gasteiger partial charge in [-0.25, -0.2) is 19.3 Å². The van der Waals surface area contributed by atoms with Crippen LogP contribution in [0.15, 0.2) is 30.5 Å². The van der Waals surface area contributed by atoms with Crippen molar-refractivity contribution in [2.24, 2.45) is 5.92 Å². The van der Waals surface area contributed by atoms with E-state index in [1.54, 1.807) is 18.3 Å². The van der Waals surface area contributed by atoms with Crippen LogP contribution in [0.5, 0.6) is 0 Å². The van der Waals surface area contributed by atoms with Crippen molar-refractivity contribution in [1.29, 1.82) is 0 Å². The van der Waals surface area contributed by atoms with Gasteiger partial charge in [0, 0.05) is 24.1 Å². The average Bonchev–Trinajstić information content (AvgIpc) is 2.80. The lowest BCUT2D eigenvalue weighted by Gasteiger charge is -2.32. The van der Waals surface area contributed by atoms with Crippen molar-refractivity contribution in [3.8, 4) is 11.3 Å². The number of aryl methyl sites for hydroxylation is 1. The van der Waals surface area contributed by atoms with Gasteiger partial charge >= 0.3 is 0 Å². The fourth-order valence-corrected chi connectivity index (χ4v) is 4.67. The van der Waals surface area contributed by atoms with Gasteiger partial charge in [0.15, 0.2) is 0 Å². The third-order valence-corrected chi connectivity index (χ3v) is 6.63. The first-order chi connectivity index (χ1) is 16.7. The van der Waals surface area contributed by atoms with Crippen LogP contribution in [-0.4, -0.2) is 51.9 Å². The van der Waals surface area contributed by atoms with E-state index in [9.17, 15) is 9.18 Å². The second kappa shape index (κ2) is 10.6. The third kappa shape index (κ3) is 6.11. The molecule has 35 heavy (non-hydrogen) atoms. The van der Waals surface area contributed by atoms with Gasteiger partial charge in [-0.3, -0.25) is 4.79 Å². The molecule has 2 heterocycles. The number of pyridine rings is 1. The number of hydrogen-bond acceptors (Lipinski definition) is 6. The van der Waals surface area contributed by atoms with Crippen LogP contribution in [0.4, 0.5) is 16.0 Å². The van der Waals surface area contributed by atoms with E-state index in [1.165, 1.54) is 18.9 Å². The van der Waals surface area contributed by atoms with Crippen molar-refractivity contribution in [3.63, 3.8) is 0 Å². The summed E-state index contributed by atoms with van der Waals surface area (Å²) in [6.45, 7) is 5.88. The third-order valence-electron chi connectivity index (χ3n) is 6.63. The topological polar surface area (TPSA) is 83.0 Å². The zero-order valence-corrected chi connectivity index (χ0v) is 21.2. The molecule has 2 aromatic heterocycles. The normalized spacial score (nSPS) is 18.3. The number of carbonyl (C=O) groups excluding carboxylic acids is 1. The molecule has 7 nitrogen and oxygen atoms in total. The lowest BCUT2D eigenvalue weighted by Crippen LogP contribution is -2.36. The number of nitrogens with zero attached hydrogens (tertiary/aromatic N) is 4. The maximum absolute atomic E-state index is 14.7. The van der Waals surface area contributed by atoms with Gasteiger partial charge in [-0.1, -0.05) is 19.9 Å². The van der Waals surface area contributed by atoms with Crippen LogP contribution in [0.25, 0.3) is 22.3 Å². The number of fused-ring (bicyclic) bond motifs is 1. The number of aromatic nitrogens is 3. The van der Waals surface area contributed by atoms with Crippen LogP contribution in [0.2, 0.25) is 0 Å². The van der Waals surface area contributed by atoms with E-state index in [0.717, 1.165) is 23.9 Å². The molecule has 4 rings (SSSR count). The fraction of sp³-hybridized carbons (Fsp3) is 0.481. The second-order valence-corrected chi connectivity index (χ2v) is 10.2. The number of halogens is 1. The molecule has 8 heteroatoms. The van der Waals surface area contributed by atoms with Gasteiger partial charge in [0.1, 0.15) is 11.3 Å². The van der Waals surface area contributed by atoms with Crippen LogP contribution >= 0.6 is 0 Å². The molecule has 0 saturated heterocycles. The highest BCUT2D eigenvalue weighted by atomic mass is 19.1. The Morgan fingerprint density at radius 3 is 2.54 bits per heavy atom. The highest BCUT2D eigenvalue weighted by Crippen LogP contribution is 2.28. The van der Waals surface area contributed by atoms with E-state index >= 15 is 0 Å². The number of rotatable bonds is 7. The van der Waals surface area contributed by atoms with E-state index in [-0.39, 0.29) is 17.5 Å². The number of amides is 1. The maximum Gasteiger partial charge on any atom is 0.224 e. The molecule has 0 unspecified atom stereocenters. The molecule has 0 radical (unpaired) electrons. The molecular weight excluding hydrogens is 443 g/mol. The zero-order chi connectivity index (χ0) is 25.1. The first kappa shape index (κ1) is 25.0. The van der Waals surface area contributed by atoms with E-state index in [2.05, 4.69) is 39.6 Å². The number of nitrogens with one attached hydrogen (secondary N) is 2. The van der Waals surface area contributed by atoms with Crippen LogP contribution in [-0.2, 0) is 4.79 Å². The van der Waals surface area contributed by atoms with Gasteiger partial charge in [0.2, 0.25) is 11.9 Å². The Hall–Kier alpha value is -3.13. The van der Waals surface area contributed by atoms with Crippen molar-refractivity contribution in [2.45, 2.75) is 65.0 Å². The fourth-order valence-electron chi connectivity index (χ4n) is 4.67. The zero-order valence-electron chi connectivity index (χ0n) is 21.2. The summed E-state index contributed by atoms with van der Waals surface area (Å²) in [7, 11) is 4.28. The van der Waals surface area contributed by atoms with Gasteiger partial charge in [0.05, 0.1) is 23.1 Å². The minimum absolute atomic E-state index is 0.176. The number of benzene rings is 1. The molecule has 2 N–H and O–H groups in total. The number of anilines is 2. The van der Waals surface area contributed by atoms with E-state index in [0.29, 0.717) is 41.2 Å². The molecule has 186 valence electrons. The smallest absolute Gasteiger partial charge is 0.224 e. The van der Waals surface area contributed by atoms with Gasteiger partial charge in [0.25, 0.3) is 0 Å². The minimum Gasteiger partial charge on any atom is -0.351 e. The molecule has 1 saturated carbocycles. The number of hydrogen-bond donors (Lipinski definition) is 2. The maximum atomic E-state index is 14.7. The molecule has 0 spiro atoms. The molecule has 1 fully saturated rings. The van der Waals surface area contributed by atoms with Crippen LogP contribution < -0.4 is 10.6 Å². The molecule has 3 aromatic rings. The Labute approximate surface area is 206 Å². The average molecular weight is 479 g/mol. The molecule has 1 aliphatic rings. The first-order valence-corrected chi connectivity index (χ1v) is 12.4. The van der Waals surface area contributed by atoms with E-state index in [1.807, 2.05) is 26.8 Å². The van der Waals surface area contributed by atoms with Gasteiger partial charge in [-0.15, -0.1) is 0 Å². The van der Waals surface area contributed by atoms with Crippen molar-refractivity contribution in [1.82, 2.24) is 19.9 Å². The lowest BCUT2D eigenvalue weighted by molar-refractivity contribution is -0.116. The summed E-state index contributed by atoms with van der Waals surface area (Å²) in [4.78, 5) is 28.2. The van der Waals surface area contributed by atoms with Crippen LogP contribution in [0.3, 0.4) is 0 Å². The summed E-state index contributed by atoms with van der Waals surface area (Å²) in [6, 6.07) is 7.68. The minimum atomic E-state index is -0.487. The molecule has 1 aliphatic carbocycles. The van der Waals surface area contributed by atoms with Gasteiger partial charge in [-0.2, -0.15) is 0 Å². The molecule has 1 aromatic carbocycles. The lowest BCUT2D eigenvalue weighted by atomic mass is 9.91. The Morgan fingerprint density at radius 2 is 1.89 bits per heavy atom. The Morgan fingerprint density at radius 1 is 1.14 bits per heavy atom. The van der Waals surface area contributed by atoms with Gasteiger partial charge in [-0.05, 0) is 76.4 Å². The summed E-state index contributed by atoms with van der Waals surface area (Å²) in [5.74, 6) is 0.145.